The number of carbonyl (C=O) groups excluding carboxylic acids is 1. The number of nitrogens with one attached hydrogen (secondary N) is 2. The SMILES string of the molecule is COc1c(C)c(-c2ccc(NC(C)C)cc2)c(OC)c(C)c1C(=O)NC(C)C(=O)O. The number of carbonyl (C=O) groups is 2. The van der Waals surface area contributed by atoms with E-state index in [2.05, 4.69) is 24.5 Å². The fourth-order valence-electron chi connectivity index (χ4n) is 3.47. The van der Waals surface area contributed by atoms with Crippen molar-refractivity contribution < 1.29 is 24.2 Å². The van der Waals surface area contributed by atoms with E-state index in [0.717, 1.165) is 22.4 Å². The second-order valence-electron chi connectivity index (χ2n) is 7.48. The molecule has 2 rings (SSSR count). The molecule has 0 aromatic heterocycles. The summed E-state index contributed by atoms with van der Waals surface area (Å²) < 4.78 is 11.3. The smallest absolute Gasteiger partial charge is 0.325 e. The number of benzene rings is 2. The van der Waals surface area contributed by atoms with Crippen molar-refractivity contribution in [3.05, 3.63) is 41.0 Å². The average Bonchev–Trinajstić information content (AvgIpc) is 2.68. The zero-order chi connectivity index (χ0) is 22.6. The van der Waals surface area contributed by atoms with Crippen molar-refractivity contribution in [1.29, 1.82) is 0 Å². The van der Waals surface area contributed by atoms with Crippen LogP contribution in [0.5, 0.6) is 11.5 Å². The Morgan fingerprint density at radius 2 is 1.50 bits per heavy atom. The summed E-state index contributed by atoms with van der Waals surface area (Å²) in [7, 11) is 3.04. The fraction of sp³-hybridized carbons (Fsp3) is 0.391. The van der Waals surface area contributed by atoms with Gasteiger partial charge in [0.15, 0.2) is 0 Å². The minimum Gasteiger partial charge on any atom is -0.496 e. The molecule has 0 aliphatic carbocycles. The van der Waals surface area contributed by atoms with Crippen LogP contribution in [-0.4, -0.2) is 43.3 Å². The van der Waals surface area contributed by atoms with E-state index in [0.29, 0.717) is 23.1 Å². The molecule has 0 spiro atoms. The maximum atomic E-state index is 12.9. The molecule has 30 heavy (non-hydrogen) atoms. The van der Waals surface area contributed by atoms with Crippen LogP contribution in [0.1, 0.15) is 42.3 Å². The van der Waals surface area contributed by atoms with Gasteiger partial charge in [-0.2, -0.15) is 0 Å². The first-order valence-electron chi connectivity index (χ1n) is 9.78. The van der Waals surface area contributed by atoms with E-state index in [1.165, 1.54) is 14.0 Å². The molecule has 0 aliphatic rings. The fourth-order valence-corrected chi connectivity index (χ4v) is 3.47. The molecule has 7 heteroatoms. The number of methoxy groups -OCH3 is 2. The molecular formula is C23H30N2O5. The Morgan fingerprint density at radius 1 is 0.933 bits per heavy atom. The highest BCUT2D eigenvalue weighted by molar-refractivity contribution is 6.03. The van der Waals surface area contributed by atoms with Crippen LogP contribution < -0.4 is 20.1 Å². The Bertz CT molecular complexity index is 936. The van der Waals surface area contributed by atoms with Gasteiger partial charge in [-0.25, -0.2) is 0 Å². The summed E-state index contributed by atoms with van der Waals surface area (Å²) in [4.78, 5) is 24.0. The predicted molar refractivity (Wildman–Crippen MR) is 118 cm³/mol. The topological polar surface area (TPSA) is 96.9 Å². The number of carboxylic acids is 1. The number of hydrogen-bond acceptors (Lipinski definition) is 5. The van der Waals surface area contributed by atoms with Gasteiger partial charge in [0.2, 0.25) is 0 Å². The van der Waals surface area contributed by atoms with Crippen LogP contribution in [-0.2, 0) is 4.79 Å². The van der Waals surface area contributed by atoms with Gasteiger partial charge in [0.1, 0.15) is 17.5 Å². The molecule has 2 aromatic rings. The lowest BCUT2D eigenvalue weighted by Gasteiger charge is -2.22. The molecule has 0 bridgehead atoms. The summed E-state index contributed by atoms with van der Waals surface area (Å²) >= 11 is 0. The van der Waals surface area contributed by atoms with E-state index in [4.69, 9.17) is 14.6 Å². The molecule has 1 atom stereocenters. The molecule has 0 saturated carbocycles. The van der Waals surface area contributed by atoms with Gasteiger partial charge in [0.05, 0.1) is 19.8 Å². The van der Waals surface area contributed by atoms with Gasteiger partial charge < -0.3 is 25.2 Å². The van der Waals surface area contributed by atoms with E-state index < -0.39 is 17.9 Å². The van der Waals surface area contributed by atoms with Gasteiger partial charge in [-0.3, -0.25) is 9.59 Å². The van der Waals surface area contributed by atoms with Gasteiger partial charge in [0.25, 0.3) is 5.91 Å². The van der Waals surface area contributed by atoms with E-state index in [1.807, 2.05) is 31.2 Å². The normalized spacial score (nSPS) is 11.7. The van der Waals surface area contributed by atoms with E-state index >= 15 is 0 Å². The summed E-state index contributed by atoms with van der Waals surface area (Å²) in [6.45, 7) is 9.18. The molecule has 0 aliphatic heterocycles. The van der Waals surface area contributed by atoms with Gasteiger partial charge in [-0.05, 0) is 52.3 Å². The highest BCUT2D eigenvalue weighted by atomic mass is 16.5. The van der Waals surface area contributed by atoms with E-state index in [9.17, 15) is 9.59 Å². The number of anilines is 1. The zero-order valence-electron chi connectivity index (χ0n) is 18.5. The highest BCUT2D eigenvalue weighted by Crippen LogP contribution is 2.44. The van der Waals surface area contributed by atoms with Crippen molar-refractivity contribution in [2.24, 2.45) is 0 Å². The maximum Gasteiger partial charge on any atom is 0.325 e. The summed E-state index contributed by atoms with van der Waals surface area (Å²) in [6.07, 6.45) is 0. The Morgan fingerprint density at radius 3 is 1.97 bits per heavy atom. The Labute approximate surface area is 177 Å². The number of aliphatic carboxylic acids is 1. The van der Waals surface area contributed by atoms with Crippen LogP contribution in [0.2, 0.25) is 0 Å². The third-order valence-electron chi connectivity index (χ3n) is 4.87. The van der Waals surface area contributed by atoms with Crippen molar-refractivity contribution >= 4 is 17.6 Å². The number of hydrogen-bond donors (Lipinski definition) is 3. The van der Waals surface area contributed by atoms with Gasteiger partial charge >= 0.3 is 5.97 Å². The van der Waals surface area contributed by atoms with Crippen LogP contribution in [0.4, 0.5) is 5.69 Å². The number of amides is 1. The van der Waals surface area contributed by atoms with Crippen molar-refractivity contribution in [1.82, 2.24) is 5.32 Å². The standard InChI is InChI=1S/C23H30N2O5/c1-12(2)24-17-10-8-16(9-11-17)18-13(3)21(30-7)19(14(4)20(18)29-6)22(26)25-15(5)23(27)28/h8-12,15,24H,1-7H3,(H,25,26)(H,27,28). The first-order valence-corrected chi connectivity index (χ1v) is 9.78. The Kier molecular flexibility index (Phi) is 7.32. The van der Waals surface area contributed by atoms with Crippen LogP contribution in [0.25, 0.3) is 11.1 Å². The molecule has 7 nitrogen and oxygen atoms in total. The lowest BCUT2D eigenvalue weighted by atomic mass is 9.91. The summed E-state index contributed by atoms with van der Waals surface area (Å²) in [5.41, 5.74) is 4.33. The van der Waals surface area contributed by atoms with Gasteiger partial charge in [0, 0.05) is 28.4 Å². The predicted octanol–water partition coefficient (Wildman–Crippen LogP) is 4.01. The average molecular weight is 415 g/mol. The summed E-state index contributed by atoms with van der Waals surface area (Å²) in [6, 6.07) is 7.24. The summed E-state index contributed by atoms with van der Waals surface area (Å²) in [5, 5.41) is 15.0. The van der Waals surface area contributed by atoms with Gasteiger partial charge in [-0.15, -0.1) is 0 Å². The molecule has 1 unspecified atom stereocenters. The molecule has 1 amide bonds. The maximum absolute atomic E-state index is 12.9. The monoisotopic (exact) mass is 414 g/mol. The minimum absolute atomic E-state index is 0.266. The van der Waals surface area contributed by atoms with Crippen molar-refractivity contribution in [3.8, 4) is 22.6 Å². The lowest BCUT2D eigenvalue weighted by molar-refractivity contribution is -0.138. The lowest BCUT2D eigenvalue weighted by Crippen LogP contribution is -2.38. The van der Waals surface area contributed by atoms with E-state index in [1.54, 1.807) is 14.0 Å². The number of rotatable bonds is 8. The number of carboxylic acid groups (broad SMARTS) is 1. The Balaban J connectivity index is 2.63. The van der Waals surface area contributed by atoms with Crippen LogP contribution in [0, 0.1) is 13.8 Å². The van der Waals surface area contributed by atoms with Crippen LogP contribution >= 0.6 is 0 Å². The van der Waals surface area contributed by atoms with Crippen molar-refractivity contribution in [3.63, 3.8) is 0 Å². The van der Waals surface area contributed by atoms with Crippen molar-refractivity contribution in [2.45, 2.75) is 46.7 Å². The molecule has 2 aromatic carbocycles. The molecule has 3 N–H and O–H groups in total. The summed E-state index contributed by atoms with van der Waals surface area (Å²) in [5.74, 6) is -0.701. The highest BCUT2D eigenvalue weighted by Gasteiger charge is 2.27. The first-order chi connectivity index (χ1) is 14.1. The van der Waals surface area contributed by atoms with Crippen LogP contribution in [0.3, 0.4) is 0 Å². The molecule has 162 valence electrons. The largest absolute Gasteiger partial charge is 0.496 e. The zero-order valence-corrected chi connectivity index (χ0v) is 18.5. The third kappa shape index (κ3) is 4.67. The van der Waals surface area contributed by atoms with Crippen molar-refractivity contribution in [2.75, 3.05) is 19.5 Å². The molecule has 0 saturated heterocycles. The third-order valence-corrected chi connectivity index (χ3v) is 4.87. The first kappa shape index (κ1) is 23.1. The second-order valence-corrected chi connectivity index (χ2v) is 7.48. The van der Waals surface area contributed by atoms with Crippen LogP contribution in [0.15, 0.2) is 24.3 Å². The molecule has 0 heterocycles. The Hall–Kier alpha value is -3.22. The molecule has 0 fully saturated rings. The quantitative estimate of drug-likeness (QED) is 0.604. The number of ether oxygens (including phenoxy) is 2. The minimum atomic E-state index is -1.12. The second kappa shape index (κ2) is 9.52. The van der Waals surface area contributed by atoms with Gasteiger partial charge in [-0.1, -0.05) is 12.1 Å². The molecular weight excluding hydrogens is 384 g/mol. The van der Waals surface area contributed by atoms with E-state index in [-0.39, 0.29) is 5.56 Å². The molecule has 0 radical (unpaired) electrons.